The molecule has 0 heterocycles. The quantitative estimate of drug-likeness (QED) is 0.595. The predicted molar refractivity (Wildman–Crippen MR) is 84.5 cm³/mol. The molecule has 4 nitrogen and oxygen atoms in total. The van der Waals surface area contributed by atoms with Crippen LogP contribution >= 0.6 is 0 Å². The number of rotatable bonds is 12. The number of methoxy groups -OCH3 is 1. The van der Waals surface area contributed by atoms with Crippen LogP contribution in [0.1, 0.15) is 12.8 Å². The van der Waals surface area contributed by atoms with E-state index in [1.165, 1.54) is 5.69 Å². The Kier molecular flexibility index (Phi) is 9.92. The molecule has 0 unspecified atom stereocenters. The summed E-state index contributed by atoms with van der Waals surface area (Å²) in [7, 11) is 3.83. The van der Waals surface area contributed by atoms with Crippen LogP contribution in [-0.2, 0) is 9.47 Å². The molecule has 0 aliphatic carbocycles. The van der Waals surface area contributed by atoms with Gasteiger partial charge in [-0.15, -0.1) is 0 Å². The minimum atomic E-state index is 0.680. The van der Waals surface area contributed by atoms with Crippen LogP contribution in [0.25, 0.3) is 0 Å². The second kappa shape index (κ2) is 11.7. The smallest absolute Gasteiger partial charge is 0.0700 e. The third kappa shape index (κ3) is 8.15. The number of hydrogen-bond acceptors (Lipinski definition) is 4. The van der Waals surface area contributed by atoms with Gasteiger partial charge in [-0.2, -0.15) is 0 Å². The number of ether oxygens (including phenoxy) is 2. The summed E-state index contributed by atoms with van der Waals surface area (Å²) in [5, 5.41) is 3.45. The average molecular weight is 280 g/mol. The Labute approximate surface area is 123 Å². The Balaban J connectivity index is 1.90. The molecule has 0 saturated heterocycles. The fourth-order valence-corrected chi connectivity index (χ4v) is 1.92. The second-order valence-corrected chi connectivity index (χ2v) is 4.82. The molecule has 1 N–H and O–H groups in total. The fourth-order valence-electron chi connectivity index (χ4n) is 1.92. The van der Waals surface area contributed by atoms with E-state index in [-0.39, 0.29) is 0 Å². The first kappa shape index (κ1) is 17.0. The summed E-state index contributed by atoms with van der Waals surface area (Å²) in [5.41, 5.74) is 1.28. The first-order chi connectivity index (χ1) is 9.84. The summed E-state index contributed by atoms with van der Waals surface area (Å²) in [5.74, 6) is 0. The lowest BCUT2D eigenvalue weighted by Crippen LogP contribution is -2.24. The van der Waals surface area contributed by atoms with Gasteiger partial charge in [0.15, 0.2) is 0 Å². The lowest BCUT2D eigenvalue weighted by atomic mass is 10.3. The second-order valence-electron chi connectivity index (χ2n) is 4.82. The first-order valence-electron chi connectivity index (χ1n) is 7.38. The van der Waals surface area contributed by atoms with Crippen molar-refractivity contribution in [2.45, 2.75) is 12.8 Å². The zero-order chi connectivity index (χ0) is 14.5. The summed E-state index contributed by atoms with van der Waals surface area (Å²) in [6, 6.07) is 10.5. The van der Waals surface area contributed by atoms with Gasteiger partial charge >= 0.3 is 0 Å². The van der Waals surface area contributed by atoms with Crippen molar-refractivity contribution in [1.82, 2.24) is 5.32 Å². The zero-order valence-corrected chi connectivity index (χ0v) is 12.8. The van der Waals surface area contributed by atoms with Crippen LogP contribution in [0, 0.1) is 0 Å². The highest BCUT2D eigenvalue weighted by Gasteiger charge is 1.98. The maximum atomic E-state index is 5.40. The van der Waals surface area contributed by atoms with E-state index in [2.05, 4.69) is 41.5 Å². The minimum absolute atomic E-state index is 0.680. The molecule has 0 amide bonds. The number of para-hydroxylation sites is 1. The number of benzene rings is 1. The van der Waals surface area contributed by atoms with Crippen molar-refractivity contribution in [3.8, 4) is 0 Å². The van der Waals surface area contributed by atoms with Crippen molar-refractivity contribution in [3.63, 3.8) is 0 Å². The molecule has 0 spiro atoms. The van der Waals surface area contributed by atoms with Crippen LogP contribution in [0.2, 0.25) is 0 Å². The maximum Gasteiger partial charge on any atom is 0.0700 e. The average Bonchev–Trinajstić information content (AvgIpc) is 2.50. The Bertz CT molecular complexity index is 320. The van der Waals surface area contributed by atoms with Crippen molar-refractivity contribution < 1.29 is 9.47 Å². The van der Waals surface area contributed by atoms with E-state index in [9.17, 15) is 0 Å². The number of anilines is 1. The van der Waals surface area contributed by atoms with Gasteiger partial charge in [-0.1, -0.05) is 18.2 Å². The Morgan fingerprint density at radius 2 is 1.75 bits per heavy atom. The van der Waals surface area contributed by atoms with Gasteiger partial charge in [-0.3, -0.25) is 0 Å². The molecule has 1 aromatic carbocycles. The number of nitrogens with one attached hydrogen (secondary N) is 1. The highest BCUT2D eigenvalue weighted by atomic mass is 16.5. The highest BCUT2D eigenvalue weighted by molar-refractivity contribution is 5.44. The molecule has 0 aromatic heterocycles. The Morgan fingerprint density at radius 1 is 1.00 bits per heavy atom. The minimum Gasteiger partial charge on any atom is -0.382 e. The van der Waals surface area contributed by atoms with Gasteiger partial charge in [0.05, 0.1) is 13.2 Å². The number of nitrogens with zero attached hydrogens (tertiary/aromatic N) is 1. The van der Waals surface area contributed by atoms with Gasteiger partial charge in [0, 0.05) is 33.0 Å². The monoisotopic (exact) mass is 280 g/mol. The SMILES string of the molecule is COCCOCCCNCCCN(C)c1ccccc1. The molecule has 0 saturated carbocycles. The molecular formula is C16H28N2O2. The molecule has 0 radical (unpaired) electrons. The third-order valence-electron chi connectivity index (χ3n) is 3.12. The van der Waals surface area contributed by atoms with E-state index in [1.807, 2.05) is 6.07 Å². The molecule has 20 heavy (non-hydrogen) atoms. The molecule has 0 aliphatic heterocycles. The summed E-state index contributed by atoms with van der Waals surface area (Å²) in [4.78, 5) is 2.29. The van der Waals surface area contributed by atoms with Gasteiger partial charge in [0.25, 0.3) is 0 Å². The summed E-state index contributed by atoms with van der Waals surface area (Å²) < 4.78 is 10.3. The van der Waals surface area contributed by atoms with E-state index in [1.54, 1.807) is 7.11 Å². The van der Waals surface area contributed by atoms with Crippen molar-refractivity contribution in [2.75, 3.05) is 58.5 Å². The van der Waals surface area contributed by atoms with Crippen LogP contribution in [-0.4, -0.2) is 53.6 Å². The molecule has 4 heteroatoms. The van der Waals surface area contributed by atoms with Crippen LogP contribution in [0.15, 0.2) is 30.3 Å². The predicted octanol–water partition coefficient (Wildman–Crippen LogP) is 2.16. The van der Waals surface area contributed by atoms with Crippen LogP contribution in [0.5, 0.6) is 0 Å². The number of hydrogen-bond donors (Lipinski definition) is 1. The van der Waals surface area contributed by atoms with Gasteiger partial charge in [-0.25, -0.2) is 0 Å². The van der Waals surface area contributed by atoms with Crippen molar-refractivity contribution in [3.05, 3.63) is 30.3 Å². The summed E-state index contributed by atoms with van der Waals surface area (Å²) >= 11 is 0. The maximum absolute atomic E-state index is 5.40. The highest BCUT2D eigenvalue weighted by Crippen LogP contribution is 2.10. The fraction of sp³-hybridized carbons (Fsp3) is 0.625. The molecule has 1 rings (SSSR count). The van der Waals surface area contributed by atoms with Gasteiger partial charge in [0.1, 0.15) is 0 Å². The first-order valence-corrected chi connectivity index (χ1v) is 7.38. The van der Waals surface area contributed by atoms with Crippen LogP contribution < -0.4 is 10.2 Å². The van der Waals surface area contributed by atoms with Crippen molar-refractivity contribution in [1.29, 1.82) is 0 Å². The van der Waals surface area contributed by atoms with E-state index in [0.717, 1.165) is 39.1 Å². The third-order valence-corrected chi connectivity index (χ3v) is 3.12. The Morgan fingerprint density at radius 3 is 2.50 bits per heavy atom. The van der Waals surface area contributed by atoms with Crippen molar-refractivity contribution in [2.24, 2.45) is 0 Å². The van der Waals surface area contributed by atoms with Crippen molar-refractivity contribution >= 4 is 5.69 Å². The molecule has 0 bridgehead atoms. The normalized spacial score (nSPS) is 10.7. The van der Waals surface area contributed by atoms with Gasteiger partial charge < -0.3 is 19.7 Å². The van der Waals surface area contributed by atoms with Crippen LogP contribution in [0.4, 0.5) is 5.69 Å². The van der Waals surface area contributed by atoms with E-state index < -0.39 is 0 Å². The van der Waals surface area contributed by atoms with Crippen LogP contribution in [0.3, 0.4) is 0 Å². The van der Waals surface area contributed by atoms with Gasteiger partial charge in [-0.05, 0) is 38.1 Å². The lowest BCUT2D eigenvalue weighted by molar-refractivity contribution is 0.0695. The molecule has 0 aliphatic rings. The zero-order valence-electron chi connectivity index (χ0n) is 12.8. The topological polar surface area (TPSA) is 33.7 Å². The molecular weight excluding hydrogens is 252 g/mol. The molecule has 114 valence electrons. The molecule has 0 atom stereocenters. The van der Waals surface area contributed by atoms with Gasteiger partial charge in [0.2, 0.25) is 0 Å². The summed E-state index contributed by atoms with van der Waals surface area (Å²) in [6.07, 6.45) is 2.20. The summed E-state index contributed by atoms with van der Waals surface area (Å²) in [6.45, 7) is 5.32. The van der Waals surface area contributed by atoms with E-state index >= 15 is 0 Å². The molecule has 0 fully saturated rings. The lowest BCUT2D eigenvalue weighted by Gasteiger charge is -2.19. The largest absolute Gasteiger partial charge is 0.382 e. The van der Waals surface area contributed by atoms with E-state index in [4.69, 9.17) is 9.47 Å². The Hall–Kier alpha value is -1.10. The van der Waals surface area contributed by atoms with E-state index in [0.29, 0.717) is 13.2 Å². The molecule has 1 aromatic rings. The standard InChI is InChI=1S/C16H28N2O2/c1-18(16-8-4-3-5-9-16)12-6-10-17-11-7-13-20-15-14-19-2/h3-5,8-9,17H,6-7,10-15H2,1-2H3.